The summed E-state index contributed by atoms with van der Waals surface area (Å²) in [5.74, 6) is -0.334. The molecule has 3 unspecified atom stereocenters. The van der Waals surface area contributed by atoms with E-state index in [2.05, 4.69) is 11.6 Å². The van der Waals surface area contributed by atoms with Crippen molar-refractivity contribution in [1.29, 1.82) is 0 Å². The van der Waals surface area contributed by atoms with Crippen molar-refractivity contribution in [2.45, 2.75) is 44.8 Å². The van der Waals surface area contributed by atoms with E-state index in [0.29, 0.717) is 18.4 Å². The van der Waals surface area contributed by atoms with Crippen molar-refractivity contribution >= 4 is 16.0 Å². The Hall–Kier alpha value is -0.620. The van der Waals surface area contributed by atoms with E-state index in [-0.39, 0.29) is 0 Å². The fourth-order valence-corrected chi connectivity index (χ4v) is 3.22. The summed E-state index contributed by atoms with van der Waals surface area (Å²) in [6.45, 7) is 3.72. The zero-order valence-electron chi connectivity index (χ0n) is 10.3. The molecule has 0 aromatic heterocycles. The first-order chi connectivity index (χ1) is 7.83. The van der Waals surface area contributed by atoms with Crippen LogP contribution < -0.4 is 4.72 Å². The van der Waals surface area contributed by atoms with Crippen LogP contribution in [0.15, 0.2) is 0 Å². The summed E-state index contributed by atoms with van der Waals surface area (Å²) in [6, 6.07) is 0. The maximum absolute atomic E-state index is 11.6. The molecule has 0 aliphatic heterocycles. The third-order valence-electron chi connectivity index (χ3n) is 3.43. The summed E-state index contributed by atoms with van der Waals surface area (Å²) >= 11 is 0. The van der Waals surface area contributed by atoms with Gasteiger partial charge in [0.15, 0.2) is 5.25 Å². The molecule has 6 heteroatoms. The summed E-state index contributed by atoms with van der Waals surface area (Å²) < 4.78 is 25.6. The Kier molecular flexibility index (Phi) is 4.94. The number of sulfonamides is 1. The van der Waals surface area contributed by atoms with Crippen LogP contribution in [0.1, 0.15) is 39.5 Å². The Morgan fingerprint density at radius 2 is 2.12 bits per heavy atom. The van der Waals surface area contributed by atoms with Gasteiger partial charge in [0.2, 0.25) is 10.0 Å². The lowest BCUT2D eigenvalue weighted by molar-refractivity contribution is -0.136. The van der Waals surface area contributed by atoms with E-state index in [0.717, 1.165) is 19.3 Å². The number of hydrogen-bond donors (Lipinski definition) is 2. The van der Waals surface area contributed by atoms with Crippen LogP contribution in [-0.4, -0.2) is 31.3 Å². The number of aliphatic carboxylic acids is 1. The molecule has 0 bridgehead atoms. The normalized spacial score (nSPS) is 27.6. The van der Waals surface area contributed by atoms with E-state index in [9.17, 15) is 13.2 Å². The molecule has 1 aliphatic carbocycles. The van der Waals surface area contributed by atoms with Crippen molar-refractivity contribution in [3.8, 4) is 0 Å². The van der Waals surface area contributed by atoms with Crippen LogP contribution >= 0.6 is 0 Å². The fraction of sp³-hybridized carbons (Fsp3) is 0.909. The average Bonchev–Trinajstić information content (AvgIpc) is 2.25. The largest absolute Gasteiger partial charge is 0.480 e. The Morgan fingerprint density at radius 1 is 1.47 bits per heavy atom. The Labute approximate surface area is 103 Å². The van der Waals surface area contributed by atoms with Crippen LogP contribution in [0.3, 0.4) is 0 Å². The number of carboxylic acids is 1. The molecule has 3 atom stereocenters. The second-order valence-corrected chi connectivity index (χ2v) is 7.10. The molecule has 1 saturated carbocycles. The molecule has 5 nitrogen and oxygen atoms in total. The van der Waals surface area contributed by atoms with Crippen LogP contribution in [0.2, 0.25) is 0 Å². The lowest BCUT2D eigenvalue weighted by Gasteiger charge is -2.27. The highest BCUT2D eigenvalue weighted by Gasteiger charge is 2.28. The summed E-state index contributed by atoms with van der Waals surface area (Å²) in [7, 11) is -3.73. The summed E-state index contributed by atoms with van der Waals surface area (Å²) in [4.78, 5) is 10.6. The number of carboxylic acid groups (broad SMARTS) is 1. The molecule has 1 rings (SSSR count). The van der Waals surface area contributed by atoms with Crippen LogP contribution in [0.5, 0.6) is 0 Å². The Morgan fingerprint density at radius 3 is 2.65 bits per heavy atom. The molecule has 0 aromatic rings. The molecule has 0 radical (unpaired) electrons. The van der Waals surface area contributed by atoms with Gasteiger partial charge in [0.1, 0.15) is 0 Å². The minimum Gasteiger partial charge on any atom is -0.480 e. The van der Waals surface area contributed by atoms with Gasteiger partial charge in [-0.05, 0) is 31.6 Å². The molecule has 17 heavy (non-hydrogen) atoms. The van der Waals surface area contributed by atoms with Crippen molar-refractivity contribution in [1.82, 2.24) is 4.72 Å². The first-order valence-corrected chi connectivity index (χ1v) is 7.59. The van der Waals surface area contributed by atoms with Gasteiger partial charge in [-0.25, -0.2) is 13.1 Å². The zero-order chi connectivity index (χ0) is 13.1. The maximum atomic E-state index is 11.6. The second-order valence-electron chi connectivity index (χ2n) is 5.01. The van der Waals surface area contributed by atoms with Crippen molar-refractivity contribution in [2.24, 2.45) is 11.8 Å². The fourth-order valence-electron chi connectivity index (χ4n) is 2.24. The second kappa shape index (κ2) is 5.82. The lowest BCUT2D eigenvalue weighted by atomic mass is 9.83. The molecular weight excluding hydrogens is 242 g/mol. The highest BCUT2D eigenvalue weighted by Crippen LogP contribution is 2.28. The number of nitrogens with one attached hydrogen (secondary N) is 1. The molecular formula is C11H21NO4S. The topological polar surface area (TPSA) is 83.5 Å². The first-order valence-electron chi connectivity index (χ1n) is 6.04. The number of carbonyl (C=O) groups is 1. The van der Waals surface area contributed by atoms with E-state index in [1.54, 1.807) is 0 Å². The van der Waals surface area contributed by atoms with Gasteiger partial charge in [-0.15, -0.1) is 0 Å². The van der Waals surface area contributed by atoms with Gasteiger partial charge in [0, 0.05) is 6.54 Å². The summed E-state index contributed by atoms with van der Waals surface area (Å²) in [5.41, 5.74) is 0. The molecule has 0 aromatic carbocycles. The predicted octanol–water partition coefficient (Wildman–Crippen LogP) is 1.21. The van der Waals surface area contributed by atoms with E-state index < -0.39 is 21.2 Å². The molecule has 1 fully saturated rings. The van der Waals surface area contributed by atoms with Crippen LogP contribution in [-0.2, 0) is 14.8 Å². The van der Waals surface area contributed by atoms with Gasteiger partial charge < -0.3 is 5.11 Å². The van der Waals surface area contributed by atoms with E-state index in [4.69, 9.17) is 5.11 Å². The van der Waals surface area contributed by atoms with Gasteiger partial charge in [-0.1, -0.05) is 19.8 Å². The maximum Gasteiger partial charge on any atom is 0.323 e. The highest BCUT2D eigenvalue weighted by atomic mass is 32.2. The molecule has 1 aliphatic rings. The highest BCUT2D eigenvalue weighted by molar-refractivity contribution is 7.90. The van der Waals surface area contributed by atoms with E-state index in [1.807, 2.05) is 0 Å². The monoisotopic (exact) mass is 263 g/mol. The standard InChI is InChI=1S/C11H21NO4S/c1-8-4-3-5-10(6-8)7-12-17(15,16)9(2)11(13)14/h8-10,12H,3-7H2,1-2H3,(H,13,14). The molecule has 0 saturated heterocycles. The van der Waals surface area contributed by atoms with Crippen LogP contribution in [0, 0.1) is 11.8 Å². The third kappa shape index (κ3) is 4.27. The summed E-state index contributed by atoms with van der Waals surface area (Å²) in [6.07, 6.45) is 4.37. The Bertz CT molecular complexity index is 366. The predicted molar refractivity (Wildman–Crippen MR) is 65.1 cm³/mol. The van der Waals surface area contributed by atoms with Gasteiger partial charge >= 0.3 is 5.97 Å². The number of hydrogen-bond acceptors (Lipinski definition) is 3. The molecule has 2 N–H and O–H groups in total. The zero-order valence-corrected chi connectivity index (χ0v) is 11.2. The minimum atomic E-state index is -3.73. The average molecular weight is 263 g/mol. The van der Waals surface area contributed by atoms with Crippen molar-refractivity contribution in [2.75, 3.05) is 6.54 Å². The minimum absolute atomic E-state index is 0.342. The lowest BCUT2D eigenvalue weighted by Crippen LogP contribution is -2.40. The van der Waals surface area contributed by atoms with Gasteiger partial charge in [0.25, 0.3) is 0 Å². The SMILES string of the molecule is CC1CCCC(CNS(=O)(=O)C(C)C(=O)O)C1. The molecule has 0 spiro atoms. The molecule has 0 amide bonds. The van der Waals surface area contributed by atoms with Gasteiger partial charge in [-0.3, -0.25) is 4.79 Å². The van der Waals surface area contributed by atoms with Crippen molar-refractivity contribution in [3.05, 3.63) is 0 Å². The van der Waals surface area contributed by atoms with Crippen LogP contribution in [0.25, 0.3) is 0 Å². The first kappa shape index (κ1) is 14.4. The van der Waals surface area contributed by atoms with E-state index >= 15 is 0 Å². The van der Waals surface area contributed by atoms with Crippen molar-refractivity contribution in [3.63, 3.8) is 0 Å². The molecule has 0 heterocycles. The number of rotatable bonds is 5. The molecule has 100 valence electrons. The quantitative estimate of drug-likeness (QED) is 0.781. The summed E-state index contributed by atoms with van der Waals surface area (Å²) in [5, 5.41) is 7.29. The Balaban J connectivity index is 2.47. The third-order valence-corrected chi connectivity index (χ3v) is 5.13. The smallest absolute Gasteiger partial charge is 0.323 e. The van der Waals surface area contributed by atoms with Gasteiger partial charge in [0.05, 0.1) is 0 Å². The van der Waals surface area contributed by atoms with E-state index in [1.165, 1.54) is 13.3 Å². The van der Waals surface area contributed by atoms with Crippen LogP contribution in [0.4, 0.5) is 0 Å². The van der Waals surface area contributed by atoms with Crippen molar-refractivity contribution < 1.29 is 18.3 Å². The van der Waals surface area contributed by atoms with Gasteiger partial charge in [-0.2, -0.15) is 0 Å².